The molecule has 7 heteroatoms. The minimum absolute atomic E-state index is 0.212. The Hall–Kier alpha value is -2.64. The monoisotopic (exact) mass is 416 g/mol. The first-order valence-corrected chi connectivity index (χ1v) is 9.95. The van der Waals surface area contributed by atoms with Gasteiger partial charge in [0.1, 0.15) is 11.6 Å². The number of fused-ring (bicyclic) bond motifs is 1. The van der Waals surface area contributed by atoms with E-state index in [0.717, 1.165) is 5.56 Å². The molecule has 0 saturated heterocycles. The number of anilines is 1. The average Bonchev–Trinajstić information content (AvgIpc) is 2.94. The second-order valence-electron chi connectivity index (χ2n) is 8.77. The van der Waals surface area contributed by atoms with E-state index in [0.29, 0.717) is 34.5 Å². The van der Waals surface area contributed by atoms with Gasteiger partial charge in [0.2, 0.25) is 0 Å². The third kappa shape index (κ3) is 4.42. The Bertz CT molecular complexity index is 953. The Balaban J connectivity index is 1.83. The Labute approximate surface area is 176 Å². The van der Waals surface area contributed by atoms with Crippen LogP contribution in [0.15, 0.2) is 30.3 Å². The molecule has 4 N–H and O–H groups in total. The summed E-state index contributed by atoms with van der Waals surface area (Å²) >= 11 is 0. The highest BCUT2D eigenvalue weighted by Crippen LogP contribution is 2.38. The minimum atomic E-state index is -0.915. The normalized spacial score (nSPS) is 19.2. The third-order valence-electron chi connectivity index (χ3n) is 5.45. The van der Waals surface area contributed by atoms with Crippen molar-refractivity contribution in [1.82, 2.24) is 5.32 Å². The molecule has 3 atom stereocenters. The third-order valence-corrected chi connectivity index (χ3v) is 5.45. The molecule has 2 aromatic rings. The van der Waals surface area contributed by atoms with Crippen molar-refractivity contribution in [2.45, 2.75) is 57.8 Å². The van der Waals surface area contributed by atoms with E-state index in [1.165, 1.54) is 19.2 Å². The van der Waals surface area contributed by atoms with Gasteiger partial charge in [0.25, 0.3) is 0 Å². The van der Waals surface area contributed by atoms with E-state index < -0.39 is 24.3 Å². The molecule has 1 aliphatic rings. The number of urea groups is 1. The van der Waals surface area contributed by atoms with Crippen LogP contribution in [0, 0.1) is 5.82 Å². The Morgan fingerprint density at radius 2 is 1.97 bits per heavy atom. The quantitative estimate of drug-likeness (QED) is 0.607. The van der Waals surface area contributed by atoms with Crippen LogP contribution in [-0.2, 0) is 11.8 Å². The maximum Gasteiger partial charge on any atom is 0.319 e. The van der Waals surface area contributed by atoms with Crippen molar-refractivity contribution < 1.29 is 24.1 Å². The Kier molecular flexibility index (Phi) is 6.06. The molecule has 0 bridgehead atoms. The van der Waals surface area contributed by atoms with Gasteiger partial charge in [0, 0.05) is 5.56 Å². The maximum absolute atomic E-state index is 13.5. The van der Waals surface area contributed by atoms with Crippen LogP contribution in [-0.4, -0.2) is 29.4 Å². The summed E-state index contributed by atoms with van der Waals surface area (Å²) in [5.41, 5.74) is 3.01. The van der Waals surface area contributed by atoms with E-state index in [1.807, 2.05) is 32.9 Å². The van der Waals surface area contributed by atoms with Crippen molar-refractivity contribution in [3.05, 3.63) is 58.4 Å². The lowest BCUT2D eigenvalue weighted by Crippen LogP contribution is -2.40. The largest absolute Gasteiger partial charge is 0.494 e. The van der Waals surface area contributed by atoms with E-state index in [1.54, 1.807) is 13.0 Å². The fourth-order valence-corrected chi connectivity index (χ4v) is 3.78. The predicted molar refractivity (Wildman–Crippen MR) is 113 cm³/mol. The first-order chi connectivity index (χ1) is 14.0. The molecule has 0 aliphatic heterocycles. The molecule has 0 fully saturated rings. The molecule has 0 aromatic heterocycles. The molecular formula is C23H29FN2O4. The van der Waals surface area contributed by atoms with Gasteiger partial charge >= 0.3 is 6.03 Å². The van der Waals surface area contributed by atoms with Gasteiger partial charge in [-0.15, -0.1) is 0 Å². The standard InChI is InChI=1S/C23H29FN2O4/c1-12(27)17-10-14(23(2,3)4)11-19(21(17)30-5)26-22(29)25-18-9-13-8-15(24)6-7-16(13)20(18)28/h6-8,10-12,18,20,27-28H,9H2,1-5H3,(H2,25,26,29)/t12-,18-,20+/m0/s1. The van der Waals surface area contributed by atoms with Crippen LogP contribution in [0.1, 0.15) is 62.2 Å². The van der Waals surface area contributed by atoms with E-state index in [4.69, 9.17) is 4.74 Å². The van der Waals surface area contributed by atoms with Crippen molar-refractivity contribution in [1.29, 1.82) is 0 Å². The van der Waals surface area contributed by atoms with E-state index in [9.17, 15) is 19.4 Å². The second-order valence-corrected chi connectivity index (χ2v) is 8.77. The van der Waals surface area contributed by atoms with Gasteiger partial charge in [-0.3, -0.25) is 0 Å². The number of benzene rings is 2. The number of amides is 2. The maximum atomic E-state index is 13.5. The number of rotatable bonds is 4. The molecule has 0 spiro atoms. The minimum Gasteiger partial charge on any atom is -0.494 e. The predicted octanol–water partition coefficient (Wildman–Crippen LogP) is 3.96. The van der Waals surface area contributed by atoms with Gasteiger partial charge in [-0.25, -0.2) is 9.18 Å². The van der Waals surface area contributed by atoms with Crippen molar-refractivity contribution in [2.75, 3.05) is 12.4 Å². The van der Waals surface area contributed by atoms with E-state index in [-0.39, 0.29) is 11.2 Å². The number of carbonyl (C=O) groups is 1. The summed E-state index contributed by atoms with van der Waals surface area (Å²) in [6.45, 7) is 7.75. The number of nitrogens with one attached hydrogen (secondary N) is 2. The highest BCUT2D eigenvalue weighted by molar-refractivity contribution is 5.92. The van der Waals surface area contributed by atoms with E-state index in [2.05, 4.69) is 10.6 Å². The summed E-state index contributed by atoms with van der Waals surface area (Å²) in [6, 6.07) is 6.81. The Morgan fingerprint density at radius 3 is 2.57 bits per heavy atom. The number of carbonyl (C=O) groups excluding carboxylic acids is 1. The molecule has 30 heavy (non-hydrogen) atoms. The van der Waals surface area contributed by atoms with Crippen LogP contribution >= 0.6 is 0 Å². The lowest BCUT2D eigenvalue weighted by atomic mass is 9.85. The number of hydrogen-bond donors (Lipinski definition) is 4. The molecule has 1 aliphatic carbocycles. The summed E-state index contributed by atoms with van der Waals surface area (Å²) in [5, 5.41) is 26.2. The first kappa shape index (κ1) is 22.1. The molecule has 2 amide bonds. The van der Waals surface area contributed by atoms with Gasteiger partial charge in [0.15, 0.2) is 0 Å². The highest BCUT2D eigenvalue weighted by atomic mass is 19.1. The van der Waals surface area contributed by atoms with Crippen molar-refractivity contribution in [3.63, 3.8) is 0 Å². The number of aliphatic hydroxyl groups excluding tert-OH is 2. The van der Waals surface area contributed by atoms with Crippen LogP contribution < -0.4 is 15.4 Å². The lowest BCUT2D eigenvalue weighted by Gasteiger charge is -2.25. The second kappa shape index (κ2) is 8.24. The molecular weight excluding hydrogens is 387 g/mol. The molecule has 0 unspecified atom stereocenters. The Morgan fingerprint density at radius 1 is 1.27 bits per heavy atom. The van der Waals surface area contributed by atoms with Crippen molar-refractivity contribution >= 4 is 11.7 Å². The summed E-state index contributed by atoms with van der Waals surface area (Å²) in [7, 11) is 1.48. The van der Waals surface area contributed by atoms with Crippen LogP contribution in [0.25, 0.3) is 0 Å². The molecule has 2 aromatic carbocycles. The topological polar surface area (TPSA) is 90.8 Å². The number of hydrogen-bond acceptors (Lipinski definition) is 4. The van der Waals surface area contributed by atoms with E-state index >= 15 is 0 Å². The zero-order chi connectivity index (χ0) is 22.2. The first-order valence-electron chi connectivity index (χ1n) is 9.95. The van der Waals surface area contributed by atoms with Crippen LogP contribution in [0.5, 0.6) is 5.75 Å². The SMILES string of the molecule is COc1c(NC(=O)N[C@H]2Cc3cc(F)ccc3[C@H]2O)cc(C(C)(C)C)cc1[C@H](C)O. The fraction of sp³-hybridized carbons (Fsp3) is 0.435. The summed E-state index contributed by atoms with van der Waals surface area (Å²) in [5.74, 6) is 0.00548. The fourth-order valence-electron chi connectivity index (χ4n) is 3.78. The molecule has 162 valence electrons. The van der Waals surface area contributed by atoms with Crippen molar-refractivity contribution in [2.24, 2.45) is 0 Å². The molecule has 0 radical (unpaired) electrons. The lowest BCUT2D eigenvalue weighted by molar-refractivity contribution is 0.145. The van der Waals surface area contributed by atoms with Crippen molar-refractivity contribution in [3.8, 4) is 5.75 Å². The summed E-state index contributed by atoms with van der Waals surface area (Å²) in [6.07, 6.45) is -1.37. The van der Waals surface area contributed by atoms with Crippen LogP contribution in [0.3, 0.4) is 0 Å². The zero-order valence-electron chi connectivity index (χ0n) is 17.9. The number of methoxy groups -OCH3 is 1. The van der Waals surface area contributed by atoms with Gasteiger partial charge in [0.05, 0.1) is 31.0 Å². The summed E-state index contributed by atoms with van der Waals surface area (Å²) in [4.78, 5) is 12.7. The van der Waals surface area contributed by atoms with Gasteiger partial charge in [-0.1, -0.05) is 26.8 Å². The highest BCUT2D eigenvalue weighted by Gasteiger charge is 2.32. The van der Waals surface area contributed by atoms with Gasteiger partial charge in [-0.2, -0.15) is 0 Å². The average molecular weight is 416 g/mol. The van der Waals surface area contributed by atoms with Gasteiger partial charge in [-0.05, 0) is 59.7 Å². The summed E-state index contributed by atoms with van der Waals surface area (Å²) < 4.78 is 18.9. The molecule has 0 heterocycles. The molecule has 6 nitrogen and oxygen atoms in total. The number of aliphatic hydroxyl groups is 2. The molecule has 0 saturated carbocycles. The van der Waals surface area contributed by atoms with Gasteiger partial charge < -0.3 is 25.6 Å². The number of ether oxygens (including phenoxy) is 1. The van der Waals surface area contributed by atoms with Crippen LogP contribution in [0.2, 0.25) is 0 Å². The molecule has 3 rings (SSSR count). The van der Waals surface area contributed by atoms with Crippen LogP contribution in [0.4, 0.5) is 14.9 Å². The zero-order valence-corrected chi connectivity index (χ0v) is 17.9. The number of halogens is 1. The smallest absolute Gasteiger partial charge is 0.319 e.